The summed E-state index contributed by atoms with van der Waals surface area (Å²) in [5.41, 5.74) is 14.8. The Hall–Kier alpha value is -7.34. The van der Waals surface area contributed by atoms with E-state index < -0.39 is 5.97 Å². The van der Waals surface area contributed by atoms with E-state index in [2.05, 4.69) is 125 Å². The Balaban J connectivity index is 0.903. The summed E-state index contributed by atoms with van der Waals surface area (Å²) in [7, 11) is 2.09. The molecule has 0 fully saturated rings. The molecule has 0 aliphatic carbocycles. The highest BCUT2D eigenvalue weighted by molar-refractivity contribution is 6.02. The van der Waals surface area contributed by atoms with E-state index in [1.807, 2.05) is 36.4 Å². The number of carbonyl (C=O) groups is 2. The molecule has 6 rings (SSSR count). The van der Waals surface area contributed by atoms with E-state index in [4.69, 9.17) is 14.2 Å². The second-order valence-corrected chi connectivity index (χ2v) is 15.4. The van der Waals surface area contributed by atoms with Crippen LogP contribution < -0.4 is 46.1 Å². The molecule has 64 heavy (non-hydrogen) atoms. The summed E-state index contributed by atoms with van der Waals surface area (Å²) in [5.74, 6) is 0.346. The monoisotopic (exact) mass is 863 g/mol. The molecule has 0 heterocycles. The van der Waals surface area contributed by atoms with Crippen molar-refractivity contribution in [1.29, 1.82) is 0 Å². The number of hydrogen-bond donors (Lipinski definition) is 5. The van der Waals surface area contributed by atoms with E-state index in [0.29, 0.717) is 49.2 Å². The van der Waals surface area contributed by atoms with Crippen molar-refractivity contribution < 1.29 is 23.8 Å². The van der Waals surface area contributed by atoms with Crippen LogP contribution in [0.4, 0.5) is 39.8 Å². The minimum atomic E-state index is -0.445. The first-order valence-corrected chi connectivity index (χ1v) is 22.0. The van der Waals surface area contributed by atoms with Crippen LogP contribution in [-0.4, -0.2) is 58.6 Å². The maximum Gasteiger partial charge on any atom is 0.343 e. The first kappa shape index (κ1) is 46.2. The SMILES string of the molecule is C=C(C)C(=O)OCCCCCCOc1ccc(C(=O)Oc2ccc(NCNc3ccc(NNc4ccc(NCN(C)c5ccc(N(CC)CC)cc5)cc4)c4ccccc34)cc2)cc1. The summed E-state index contributed by atoms with van der Waals surface area (Å²) >= 11 is 0. The third-order valence-corrected chi connectivity index (χ3v) is 10.7. The summed E-state index contributed by atoms with van der Waals surface area (Å²) in [6, 6.07) is 43.6. The van der Waals surface area contributed by atoms with Crippen LogP contribution in [0, 0.1) is 0 Å². The molecule has 5 N–H and O–H groups in total. The molecule has 6 aromatic rings. The molecule has 334 valence electrons. The molecule has 0 unspecified atom stereocenters. The summed E-state index contributed by atoms with van der Waals surface area (Å²) in [6.45, 7) is 13.7. The van der Waals surface area contributed by atoms with Gasteiger partial charge in [-0.3, -0.25) is 0 Å². The van der Waals surface area contributed by atoms with Crippen molar-refractivity contribution in [2.45, 2.75) is 46.5 Å². The standard InChI is InChI=1S/C52H61N7O5/c1-6-59(7-2)44-26-24-43(25-27-44)58(5)37-55-41-18-20-42(21-19-41)56-57-50-33-32-49(47-14-10-11-15-48(47)50)54-36-53-40-22-30-46(31-23-40)64-52(61)39-16-28-45(29-17-39)62-34-12-8-9-13-35-63-51(60)38(3)4/h10-11,14-33,53-57H,3,6-9,12-13,34-37H2,1-2,4-5H3. The molecule has 0 saturated heterocycles. The van der Waals surface area contributed by atoms with Crippen LogP contribution >= 0.6 is 0 Å². The normalized spacial score (nSPS) is 10.7. The average molecular weight is 864 g/mol. The lowest BCUT2D eigenvalue weighted by atomic mass is 10.1. The highest BCUT2D eigenvalue weighted by Crippen LogP contribution is 2.31. The van der Waals surface area contributed by atoms with E-state index >= 15 is 0 Å². The number of hydrogen-bond acceptors (Lipinski definition) is 12. The van der Waals surface area contributed by atoms with Gasteiger partial charge in [0.05, 0.1) is 43.5 Å². The number of benzene rings is 6. The smallest absolute Gasteiger partial charge is 0.343 e. The summed E-state index contributed by atoms with van der Waals surface area (Å²) in [6.07, 6.45) is 3.59. The fourth-order valence-corrected chi connectivity index (χ4v) is 6.95. The van der Waals surface area contributed by atoms with E-state index in [0.717, 1.165) is 83.7 Å². The van der Waals surface area contributed by atoms with Crippen LogP contribution in [0.5, 0.6) is 11.5 Å². The van der Waals surface area contributed by atoms with Crippen LogP contribution in [0.15, 0.2) is 146 Å². The van der Waals surface area contributed by atoms with Gasteiger partial charge >= 0.3 is 11.9 Å². The number of esters is 2. The van der Waals surface area contributed by atoms with E-state index in [-0.39, 0.29) is 5.97 Å². The number of hydrazine groups is 1. The van der Waals surface area contributed by atoms with Gasteiger partial charge in [-0.15, -0.1) is 0 Å². The zero-order valence-corrected chi connectivity index (χ0v) is 37.4. The van der Waals surface area contributed by atoms with Gasteiger partial charge < -0.3 is 50.8 Å². The lowest BCUT2D eigenvalue weighted by Crippen LogP contribution is -2.25. The number of nitrogens with one attached hydrogen (secondary N) is 5. The minimum absolute atomic E-state index is 0.346. The topological polar surface area (TPSA) is 128 Å². The number of fused-ring (bicyclic) bond motifs is 1. The third kappa shape index (κ3) is 13.6. The van der Waals surface area contributed by atoms with Gasteiger partial charge in [0.15, 0.2) is 0 Å². The van der Waals surface area contributed by atoms with Gasteiger partial charge in [-0.1, -0.05) is 30.8 Å². The highest BCUT2D eigenvalue weighted by atomic mass is 16.5. The van der Waals surface area contributed by atoms with Gasteiger partial charge in [0.2, 0.25) is 0 Å². The van der Waals surface area contributed by atoms with Gasteiger partial charge in [0, 0.05) is 64.9 Å². The first-order valence-electron chi connectivity index (χ1n) is 22.0. The van der Waals surface area contributed by atoms with Gasteiger partial charge in [0.25, 0.3) is 0 Å². The molecule has 0 atom stereocenters. The molecular weight excluding hydrogens is 803 g/mol. The maximum atomic E-state index is 12.8. The molecule has 0 aliphatic heterocycles. The fourth-order valence-electron chi connectivity index (χ4n) is 6.95. The van der Waals surface area contributed by atoms with Gasteiger partial charge in [0.1, 0.15) is 11.5 Å². The number of nitrogens with zero attached hydrogens (tertiary/aromatic N) is 2. The Bertz CT molecular complexity index is 2400. The van der Waals surface area contributed by atoms with Crippen molar-refractivity contribution in [1.82, 2.24) is 0 Å². The van der Waals surface area contributed by atoms with Gasteiger partial charge in [-0.05, 0) is 156 Å². The predicted octanol–water partition coefficient (Wildman–Crippen LogP) is 11.4. The van der Waals surface area contributed by atoms with Crippen LogP contribution in [0.3, 0.4) is 0 Å². The molecule has 12 nitrogen and oxygen atoms in total. The third-order valence-electron chi connectivity index (χ3n) is 10.7. The molecule has 6 aromatic carbocycles. The van der Waals surface area contributed by atoms with Crippen molar-refractivity contribution in [2.24, 2.45) is 0 Å². The van der Waals surface area contributed by atoms with Crippen LogP contribution in [0.1, 0.15) is 56.8 Å². The lowest BCUT2D eigenvalue weighted by molar-refractivity contribution is -0.139. The molecular formula is C52H61N7O5. The number of unbranched alkanes of at least 4 members (excludes halogenated alkanes) is 3. The van der Waals surface area contributed by atoms with Crippen molar-refractivity contribution in [3.8, 4) is 11.5 Å². The summed E-state index contributed by atoms with van der Waals surface area (Å²) in [5, 5.41) is 12.6. The number of ether oxygens (including phenoxy) is 3. The average Bonchev–Trinajstić information content (AvgIpc) is 3.32. The number of carbonyl (C=O) groups excluding carboxylic acids is 2. The Kier molecular flexibility index (Phi) is 17.1. The van der Waals surface area contributed by atoms with E-state index in [9.17, 15) is 9.59 Å². The molecule has 0 radical (unpaired) electrons. The van der Waals surface area contributed by atoms with Crippen LogP contribution in [0.25, 0.3) is 10.8 Å². The number of rotatable bonds is 25. The van der Waals surface area contributed by atoms with Crippen LogP contribution in [-0.2, 0) is 9.53 Å². The van der Waals surface area contributed by atoms with Crippen molar-refractivity contribution in [3.05, 3.63) is 151 Å². The second kappa shape index (κ2) is 23.8. The maximum absolute atomic E-state index is 12.8. The zero-order chi connectivity index (χ0) is 45.1. The first-order chi connectivity index (χ1) is 31.2. The lowest BCUT2D eigenvalue weighted by Gasteiger charge is -2.24. The summed E-state index contributed by atoms with van der Waals surface area (Å²) in [4.78, 5) is 28.8. The quantitative estimate of drug-likeness (QED) is 0.00938. The second-order valence-electron chi connectivity index (χ2n) is 15.4. The Morgan fingerprint density at radius 3 is 1.84 bits per heavy atom. The van der Waals surface area contributed by atoms with E-state index in [1.54, 1.807) is 43.3 Å². The van der Waals surface area contributed by atoms with Crippen LogP contribution in [0.2, 0.25) is 0 Å². The Labute approximate surface area is 377 Å². The van der Waals surface area contributed by atoms with E-state index in [1.165, 1.54) is 5.69 Å². The van der Waals surface area contributed by atoms with Gasteiger partial charge in [-0.25, -0.2) is 9.59 Å². The Morgan fingerprint density at radius 1 is 0.594 bits per heavy atom. The summed E-state index contributed by atoms with van der Waals surface area (Å²) < 4.78 is 16.6. The predicted molar refractivity (Wildman–Crippen MR) is 264 cm³/mol. The van der Waals surface area contributed by atoms with Crippen molar-refractivity contribution in [2.75, 3.05) is 83.3 Å². The fraction of sp³-hybridized carbons (Fsp3) is 0.269. The molecule has 0 bridgehead atoms. The van der Waals surface area contributed by atoms with Crippen molar-refractivity contribution >= 4 is 62.5 Å². The molecule has 0 saturated carbocycles. The number of anilines is 7. The van der Waals surface area contributed by atoms with Gasteiger partial charge in [-0.2, -0.15) is 0 Å². The molecule has 0 aromatic heterocycles. The Morgan fingerprint density at radius 2 is 1.17 bits per heavy atom. The molecule has 0 aliphatic rings. The molecule has 0 amide bonds. The largest absolute Gasteiger partial charge is 0.494 e. The molecule has 0 spiro atoms. The molecule has 12 heteroatoms. The zero-order valence-electron chi connectivity index (χ0n) is 37.4. The highest BCUT2D eigenvalue weighted by Gasteiger charge is 2.11. The minimum Gasteiger partial charge on any atom is -0.494 e. The van der Waals surface area contributed by atoms with Crippen molar-refractivity contribution in [3.63, 3.8) is 0 Å².